The molecule has 2 aliphatic rings. The predicted octanol–water partition coefficient (Wildman–Crippen LogP) is 3.31. The quantitative estimate of drug-likeness (QED) is 0.891. The Bertz CT molecular complexity index is 603. The maximum absolute atomic E-state index is 12.9. The third kappa shape index (κ3) is 4.08. The minimum atomic E-state index is -0.123. The largest absolute Gasteiger partial charge is 0.371 e. The van der Waals surface area contributed by atoms with Crippen molar-refractivity contribution in [2.24, 2.45) is 0 Å². The number of anilines is 2. The van der Waals surface area contributed by atoms with Gasteiger partial charge in [-0.15, -0.1) is 0 Å². The Kier molecular flexibility index (Phi) is 5.38. The second kappa shape index (κ2) is 7.69. The fourth-order valence-electron chi connectivity index (χ4n) is 3.74. The molecular formula is C19H27N3O2. The molecule has 2 fully saturated rings. The topological polar surface area (TPSA) is 61.4 Å². The van der Waals surface area contributed by atoms with E-state index in [-0.39, 0.29) is 17.9 Å². The number of nitrogens with zero attached hydrogens (tertiary/aromatic N) is 1. The number of nitrogens with one attached hydrogen (secondary N) is 2. The first kappa shape index (κ1) is 16.8. The number of carbonyl (C=O) groups is 2. The zero-order valence-corrected chi connectivity index (χ0v) is 14.4. The molecule has 1 aliphatic heterocycles. The Balaban J connectivity index is 1.83. The molecule has 1 saturated carbocycles. The van der Waals surface area contributed by atoms with Crippen LogP contribution in [0.5, 0.6) is 0 Å². The molecule has 1 aliphatic carbocycles. The smallest absolute Gasteiger partial charge is 0.253 e. The Morgan fingerprint density at radius 3 is 2.42 bits per heavy atom. The maximum atomic E-state index is 12.9. The Morgan fingerprint density at radius 1 is 1.04 bits per heavy atom. The van der Waals surface area contributed by atoms with E-state index < -0.39 is 0 Å². The zero-order chi connectivity index (χ0) is 16.9. The number of hydrogen-bond donors (Lipinski definition) is 2. The van der Waals surface area contributed by atoms with Gasteiger partial charge in [-0.25, -0.2) is 0 Å². The zero-order valence-electron chi connectivity index (χ0n) is 14.4. The molecule has 1 aromatic rings. The summed E-state index contributed by atoms with van der Waals surface area (Å²) in [6.07, 6.45) is 8.11. The summed E-state index contributed by atoms with van der Waals surface area (Å²) in [5, 5.41) is 5.99. The summed E-state index contributed by atoms with van der Waals surface area (Å²) in [5.74, 6) is -0.140. The van der Waals surface area contributed by atoms with Crippen molar-refractivity contribution in [1.29, 1.82) is 0 Å². The summed E-state index contributed by atoms with van der Waals surface area (Å²) >= 11 is 0. The lowest BCUT2D eigenvalue weighted by Crippen LogP contribution is -2.37. The van der Waals surface area contributed by atoms with Gasteiger partial charge in [-0.1, -0.05) is 19.3 Å². The number of benzene rings is 1. The molecule has 0 atom stereocenters. The second-order valence-corrected chi connectivity index (χ2v) is 6.92. The van der Waals surface area contributed by atoms with E-state index in [0.29, 0.717) is 11.3 Å². The third-order valence-electron chi connectivity index (χ3n) is 4.95. The lowest BCUT2D eigenvalue weighted by Gasteiger charge is -2.25. The lowest BCUT2D eigenvalue weighted by atomic mass is 9.95. The highest BCUT2D eigenvalue weighted by molar-refractivity contribution is 6.02. The molecule has 3 rings (SSSR count). The van der Waals surface area contributed by atoms with Crippen LogP contribution in [-0.4, -0.2) is 30.9 Å². The number of hydrogen-bond acceptors (Lipinski definition) is 3. The van der Waals surface area contributed by atoms with Crippen molar-refractivity contribution in [3.63, 3.8) is 0 Å². The fraction of sp³-hybridized carbons (Fsp3) is 0.579. The molecule has 0 aromatic heterocycles. The molecule has 2 N–H and O–H groups in total. The van der Waals surface area contributed by atoms with Crippen molar-refractivity contribution in [2.75, 3.05) is 23.3 Å². The van der Waals surface area contributed by atoms with E-state index in [9.17, 15) is 9.59 Å². The van der Waals surface area contributed by atoms with Crippen molar-refractivity contribution >= 4 is 23.2 Å². The lowest BCUT2D eigenvalue weighted by molar-refractivity contribution is -0.114. The van der Waals surface area contributed by atoms with E-state index in [1.165, 1.54) is 26.2 Å². The van der Waals surface area contributed by atoms with Crippen LogP contribution in [0.15, 0.2) is 18.2 Å². The Hall–Kier alpha value is -2.04. The van der Waals surface area contributed by atoms with Gasteiger partial charge in [0.1, 0.15) is 0 Å². The van der Waals surface area contributed by atoms with Gasteiger partial charge in [0.2, 0.25) is 5.91 Å². The number of carbonyl (C=O) groups excluding carboxylic acids is 2. The predicted molar refractivity (Wildman–Crippen MR) is 96.5 cm³/mol. The normalized spacial score (nSPS) is 18.5. The second-order valence-electron chi connectivity index (χ2n) is 6.92. The summed E-state index contributed by atoms with van der Waals surface area (Å²) in [7, 11) is 0. The van der Waals surface area contributed by atoms with Crippen LogP contribution in [0.25, 0.3) is 0 Å². The van der Waals surface area contributed by atoms with Crippen molar-refractivity contribution in [1.82, 2.24) is 5.32 Å². The van der Waals surface area contributed by atoms with Gasteiger partial charge < -0.3 is 15.5 Å². The molecule has 2 amide bonds. The number of rotatable bonds is 4. The van der Waals surface area contributed by atoms with E-state index in [4.69, 9.17) is 0 Å². The van der Waals surface area contributed by atoms with Gasteiger partial charge in [0.05, 0.1) is 5.56 Å². The molecule has 24 heavy (non-hydrogen) atoms. The van der Waals surface area contributed by atoms with Crippen LogP contribution in [0.1, 0.15) is 62.2 Å². The highest BCUT2D eigenvalue weighted by atomic mass is 16.2. The van der Waals surface area contributed by atoms with Crippen LogP contribution >= 0.6 is 0 Å². The van der Waals surface area contributed by atoms with Crippen molar-refractivity contribution in [2.45, 2.75) is 57.9 Å². The first-order chi connectivity index (χ1) is 11.6. The summed E-state index contributed by atoms with van der Waals surface area (Å²) < 4.78 is 0. The average molecular weight is 329 g/mol. The fourth-order valence-corrected chi connectivity index (χ4v) is 3.74. The maximum Gasteiger partial charge on any atom is 0.253 e. The van der Waals surface area contributed by atoms with Crippen LogP contribution < -0.4 is 15.5 Å². The van der Waals surface area contributed by atoms with Crippen LogP contribution in [0.2, 0.25) is 0 Å². The van der Waals surface area contributed by atoms with E-state index in [0.717, 1.165) is 44.5 Å². The van der Waals surface area contributed by atoms with Gasteiger partial charge in [-0.05, 0) is 43.9 Å². The molecule has 1 saturated heterocycles. The first-order valence-electron chi connectivity index (χ1n) is 9.11. The van der Waals surface area contributed by atoms with E-state index >= 15 is 0 Å². The average Bonchev–Trinajstić information content (AvgIpc) is 3.09. The molecule has 0 unspecified atom stereocenters. The van der Waals surface area contributed by atoms with Crippen LogP contribution in [-0.2, 0) is 4.79 Å². The Labute approximate surface area is 143 Å². The minimum Gasteiger partial charge on any atom is -0.371 e. The van der Waals surface area contributed by atoms with Gasteiger partial charge in [-0.3, -0.25) is 9.59 Å². The van der Waals surface area contributed by atoms with Crippen molar-refractivity contribution in [3.8, 4) is 0 Å². The summed E-state index contributed by atoms with van der Waals surface area (Å²) in [5.41, 5.74) is 2.34. The highest BCUT2D eigenvalue weighted by Gasteiger charge is 2.23. The van der Waals surface area contributed by atoms with E-state index in [1.807, 2.05) is 18.2 Å². The molecular weight excluding hydrogens is 302 g/mol. The van der Waals surface area contributed by atoms with Crippen molar-refractivity contribution in [3.05, 3.63) is 23.8 Å². The van der Waals surface area contributed by atoms with E-state index in [1.54, 1.807) is 0 Å². The third-order valence-corrected chi connectivity index (χ3v) is 4.95. The molecule has 130 valence electrons. The molecule has 0 spiro atoms. The minimum absolute atomic E-state index is 0.0176. The van der Waals surface area contributed by atoms with Gasteiger partial charge in [0.15, 0.2) is 0 Å². The molecule has 5 heteroatoms. The van der Waals surface area contributed by atoms with Gasteiger partial charge in [-0.2, -0.15) is 0 Å². The summed E-state index contributed by atoms with van der Waals surface area (Å²) in [6, 6.07) is 5.94. The van der Waals surface area contributed by atoms with Gasteiger partial charge >= 0.3 is 0 Å². The Morgan fingerprint density at radius 2 is 1.75 bits per heavy atom. The van der Waals surface area contributed by atoms with Gasteiger partial charge in [0, 0.05) is 37.4 Å². The summed E-state index contributed by atoms with van der Waals surface area (Å²) in [6.45, 7) is 3.46. The van der Waals surface area contributed by atoms with Crippen LogP contribution in [0.3, 0.4) is 0 Å². The number of amides is 2. The molecule has 0 radical (unpaired) electrons. The molecule has 5 nitrogen and oxygen atoms in total. The SMILES string of the molecule is CC(=O)Nc1ccc(N2CCCC2)c(C(=O)NC2CCCCC2)c1. The van der Waals surface area contributed by atoms with Crippen LogP contribution in [0, 0.1) is 0 Å². The standard InChI is InChI=1S/C19H27N3O2/c1-14(23)20-16-9-10-18(22-11-5-6-12-22)17(13-16)19(24)21-15-7-3-2-4-8-15/h9-10,13,15H,2-8,11-12H2,1H3,(H,20,23)(H,21,24). The molecule has 1 heterocycles. The molecule has 1 aromatic carbocycles. The first-order valence-corrected chi connectivity index (χ1v) is 9.11. The molecule has 0 bridgehead atoms. The van der Waals surface area contributed by atoms with Crippen molar-refractivity contribution < 1.29 is 9.59 Å². The highest BCUT2D eigenvalue weighted by Crippen LogP contribution is 2.28. The monoisotopic (exact) mass is 329 g/mol. The van der Waals surface area contributed by atoms with E-state index in [2.05, 4.69) is 15.5 Å². The van der Waals surface area contributed by atoms with Gasteiger partial charge in [0.25, 0.3) is 5.91 Å². The van der Waals surface area contributed by atoms with Crippen LogP contribution in [0.4, 0.5) is 11.4 Å². The summed E-state index contributed by atoms with van der Waals surface area (Å²) in [4.78, 5) is 26.5.